The number of nitrogens with two attached hydrogens (primary N) is 1. The first-order valence-corrected chi connectivity index (χ1v) is 5.34. The smallest absolute Gasteiger partial charge is 0.337 e. The second-order valence-corrected chi connectivity index (χ2v) is 3.91. The van der Waals surface area contributed by atoms with Gasteiger partial charge in [0.25, 0.3) is 0 Å². The topological polar surface area (TPSA) is 99.7 Å². The fourth-order valence-electron chi connectivity index (χ4n) is 1.59. The molecular formula is C11H17N3O3. The van der Waals surface area contributed by atoms with Gasteiger partial charge in [-0.2, -0.15) is 0 Å². The zero-order chi connectivity index (χ0) is 13.0. The third-order valence-corrected chi connectivity index (χ3v) is 2.44. The number of aliphatic hydroxyl groups is 1. The lowest BCUT2D eigenvalue weighted by Crippen LogP contribution is -2.35. The summed E-state index contributed by atoms with van der Waals surface area (Å²) in [7, 11) is 0. The molecule has 1 aromatic rings. The molecule has 0 radical (unpaired) electrons. The molecule has 0 spiro atoms. The van der Waals surface area contributed by atoms with Gasteiger partial charge in [-0.25, -0.2) is 9.78 Å². The molecule has 0 aromatic carbocycles. The second kappa shape index (κ2) is 5.49. The number of aromatic carboxylic acids is 1. The Bertz CT molecular complexity index is 407. The normalized spacial score (nSPS) is 10.6. The number of nitrogens with zero attached hydrogens (tertiary/aromatic N) is 2. The molecule has 0 aliphatic rings. The van der Waals surface area contributed by atoms with Crippen LogP contribution in [-0.2, 0) is 0 Å². The molecule has 0 saturated heterocycles. The number of hydrogen-bond acceptors (Lipinski definition) is 5. The maximum atomic E-state index is 10.9. The fraction of sp³-hybridized carbons (Fsp3) is 0.455. The van der Waals surface area contributed by atoms with E-state index in [9.17, 15) is 4.79 Å². The van der Waals surface area contributed by atoms with Crippen LogP contribution in [0.1, 0.15) is 24.2 Å². The number of aromatic nitrogens is 1. The highest BCUT2D eigenvalue weighted by atomic mass is 16.4. The molecule has 0 aliphatic carbocycles. The summed E-state index contributed by atoms with van der Waals surface area (Å²) in [5.41, 5.74) is 5.94. The van der Waals surface area contributed by atoms with Crippen molar-refractivity contribution < 1.29 is 15.0 Å². The number of carboxylic acids is 1. The highest BCUT2D eigenvalue weighted by Crippen LogP contribution is 2.25. The largest absolute Gasteiger partial charge is 0.478 e. The third kappa shape index (κ3) is 2.85. The fourth-order valence-corrected chi connectivity index (χ4v) is 1.59. The Hall–Kier alpha value is -1.82. The van der Waals surface area contributed by atoms with Crippen LogP contribution in [0, 0.1) is 0 Å². The van der Waals surface area contributed by atoms with Gasteiger partial charge in [-0.05, 0) is 19.9 Å². The van der Waals surface area contributed by atoms with Gasteiger partial charge in [-0.3, -0.25) is 0 Å². The highest BCUT2D eigenvalue weighted by molar-refractivity contribution is 5.96. The minimum absolute atomic E-state index is 0.0265. The van der Waals surface area contributed by atoms with Gasteiger partial charge in [0, 0.05) is 18.8 Å². The summed E-state index contributed by atoms with van der Waals surface area (Å²) in [4.78, 5) is 16.8. The SMILES string of the molecule is CC(C)N(CCO)c1nccc(C(=O)O)c1N. The summed E-state index contributed by atoms with van der Waals surface area (Å²) in [5, 5.41) is 18.0. The van der Waals surface area contributed by atoms with Crippen LogP contribution in [0.3, 0.4) is 0 Å². The van der Waals surface area contributed by atoms with Crippen molar-refractivity contribution in [1.29, 1.82) is 0 Å². The molecule has 6 heteroatoms. The molecule has 0 unspecified atom stereocenters. The highest BCUT2D eigenvalue weighted by Gasteiger charge is 2.18. The van der Waals surface area contributed by atoms with E-state index >= 15 is 0 Å². The molecule has 94 valence electrons. The maximum Gasteiger partial charge on any atom is 0.337 e. The molecular weight excluding hydrogens is 222 g/mol. The van der Waals surface area contributed by atoms with Crippen molar-refractivity contribution in [2.75, 3.05) is 23.8 Å². The van der Waals surface area contributed by atoms with Crippen LogP contribution < -0.4 is 10.6 Å². The lowest BCUT2D eigenvalue weighted by atomic mass is 10.2. The van der Waals surface area contributed by atoms with E-state index in [1.165, 1.54) is 12.3 Å². The number of pyridine rings is 1. The minimum Gasteiger partial charge on any atom is -0.478 e. The number of rotatable bonds is 5. The molecule has 1 aromatic heterocycles. The van der Waals surface area contributed by atoms with Gasteiger partial charge in [0.2, 0.25) is 0 Å². The minimum atomic E-state index is -1.08. The predicted octanol–water partition coefficient (Wildman–Crippen LogP) is 0.569. The first-order valence-electron chi connectivity index (χ1n) is 5.34. The van der Waals surface area contributed by atoms with E-state index in [1.807, 2.05) is 13.8 Å². The number of anilines is 2. The first kappa shape index (κ1) is 13.2. The molecule has 0 aliphatic heterocycles. The van der Waals surface area contributed by atoms with Crippen LogP contribution in [0.15, 0.2) is 12.3 Å². The molecule has 4 N–H and O–H groups in total. The Labute approximate surface area is 99.7 Å². The van der Waals surface area contributed by atoms with Crippen LogP contribution in [-0.4, -0.2) is 40.4 Å². The average molecular weight is 239 g/mol. The molecule has 0 saturated carbocycles. The van der Waals surface area contributed by atoms with Crippen molar-refractivity contribution >= 4 is 17.5 Å². The summed E-state index contributed by atoms with van der Waals surface area (Å²) in [5.74, 6) is -0.687. The van der Waals surface area contributed by atoms with E-state index in [2.05, 4.69) is 4.98 Å². The Morgan fingerprint density at radius 2 is 2.24 bits per heavy atom. The Morgan fingerprint density at radius 3 is 2.71 bits per heavy atom. The maximum absolute atomic E-state index is 10.9. The van der Waals surface area contributed by atoms with Crippen molar-refractivity contribution in [3.8, 4) is 0 Å². The van der Waals surface area contributed by atoms with E-state index in [0.717, 1.165) is 0 Å². The van der Waals surface area contributed by atoms with Crippen molar-refractivity contribution in [2.24, 2.45) is 0 Å². The van der Waals surface area contributed by atoms with Crippen LogP contribution in [0.2, 0.25) is 0 Å². The summed E-state index contributed by atoms with van der Waals surface area (Å²) in [6, 6.07) is 1.43. The van der Waals surface area contributed by atoms with Gasteiger partial charge in [-0.1, -0.05) is 0 Å². The van der Waals surface area contributed by atoms with Gasteiger partial charge in [-0.15, -0.1) is 0 Å². The second-order valence-electron chi connectivity index (χ2n) is 3.91. The lowest BCUT2D eigenvalue weighted by Gasteiger charge is -2.28. The Morgan fingerprint density at radius 1 is 1.59 bits per heavy atom. The van der Waals surface area contributed by atoms with E-state index in [0.29, 0.717) is 12.4 Å². The van der Waals surface area contributed by atoms with Crippen LogP contribution in [0.4, 0.5) is 11.5 Å². The number of nitrogen functional groups attached to an aromatic ring is 1. The van der Waals surface area contributed by atoms with E-state index in [-0.39, 0.29) is 23.9 Å². The van der Waals surface area contributed by atoms with Gasteiger partial charge in [0.1, 0.15) is 0 Å². The summed E-state index contributed by atoms with van der Waals surface area (Å²) < 4.78 is 0. The monoisotopic (exact) mass is 239 g/mol. The molecule has 1 rings (SSSR count). The summed E-state index contributed by atoms with van der Waals surface area (Å²) >= 11 is 0. The number of carbonyl (C=O) groups is 1. The van der Waals surface area contributed by atoms with E-state index in [4.69, 9.17) is 15.9 Å². The number of carboxylic acid groups (broad SMARTS) is 1. The van der Waals surface area contributed by atoms with Gasteiger partial charge in [0.05, 0.1) is 17.9 Å². The zero-order valence-corrected chi connectivity index (χ0v) is 9.92. The van der Waals surface area contributed by atoms with Gasteiger partial charge < -0.3 is 20.8 Å². The number of aliphatic hydroxyl groups excluding tert-OH is 1. The van der Waals surface area contributed by atoms with Crippen LogP contribution in [0.5, 0.6) is 0 Å². The molecule has 6 nitrogen and oxygen atoms in total. The van der Waals surface area contributed by atoms with Gasteiger partial charge >= 0.3 is 5.97 Å². The molecule has 0 bridgehead atoms. The van der Waals surface area contributed by atoms with Crippen molar-refractivity contribution in [3.05, 3.63) is 17.8 Å². The van der Waals surface area contributed by atoms with Crippen LogP contribution >= 0.6 is 0 Å². The average Bonchev–Trinajstić information content (AvgIpc) is 2.26. The summed E-state index contributed by atoms with van der Waals surface area (Å²) in [6.45, 7) is 4.16. The molecule has 1 heterocycles. The lowest BCUT2D eigenvalue weighted by molar-refractivity contribution is 0.0698. The van der Waals surface area contributed by atoms with E-state index < -0.39 is 5.97 Å². The quantitative estimate of drug-likeness (QED) is 0.694. The summed E-state index contributed by atoms with van der Waals surface area (Å²) in [6.07, 6.45) is 1.40. The zero-order valence-electron chi connectivity index (χ0n) is 9.92. The molecule has 0 atom stereocenters. The van der Waals surface area contributed by atoms with Gasteiger partial charge in [0.15, 0.2) is 5.82 Å². The Kier molecular flexibility index (Phi) is 4.28. The Balaban J connectivity index is 3.20. The molecule has 17 heavy (non-hydrogen) atoms. The van der Waals surface area contributed by atoms with E-state index in [1.54, 1.807) is 4.90 Å². The van der Waals surface area contributed by atoms with Crippen molar-refractivity contribution in [3.63, 3.8) is 0 Å². The standard InChI is InChI=1S/C11H17N3O3/c1-7(2)14(5-6-15)10-9(12)8(11(16)17)3-4-13-10/h3-4,7,15H,5-6,12H2,1-2H3,(H,16,17). The molecule has 0 amide bonds. The third-order valence-electron chi connectivity index (χ3n) is 2.44. The molecule has 0 fully saturated rings. The van der Waals surface area contributed by atoms with Crippen LogP contribution in [0.25, 0.3) is 0 Å². The van der Waals surface area contributed by atoms with Crippen molar-refractivity contribution in [1.82, 2.24) is 4.98 Å². The first-order chi connectivity index (χ1) is 7.99. The van der Waals surface area contributed by atoms with Crippen molar-refractivity contribution in [2.45, 2.75) is 19.9 Å². The number of hydrogen-bond donors (Lipinski definition) is 3. The predicted molar refractivity (Wildman–Crippen MR) is 65.2 cm³/mol.